The number of aromatic nitrogens is 2. The summed E-state index contributed by atoms with van der Waals surface area (Å²) in [5.74, 6) is 1.22. The average Bonchev–Trinajstić information content (AvgIpc) is 3.24. The molecule has 24 heavy (non-hydrogen) atoms. The van der Waals surface area contributed by atoms with Crippen LogP contribution in [0, 0.1) is 0 Å². The summed E-state index contributed by atoms with van der Waals surface area (Å²) in [5, 5.41) is 33.4. The van der Waals surface area contributed by atoms with Gasteiger partial charge in [0.1, 0.15) is 24.1 Å². The molecule has 0 bridgehead atoms. The van der Waals surface area contributed by atoms with Crippen molar-refractivity contribution in [3.63, 3.8) is 0 Å². The molecule has 0 unspecified atom stereocenters. The molecule has 0 aromatic carbocycles. The van der Waals surface area contributed by atoms with Crippen molar-refractivity contribution in [1.82, 2.24) is 9.97 Å². The molecule has 1 saturated heterocycles. The summed E-state index contributed by atoms with van der Waals surface area (Å²) in [6.07, 6.45) is -1.99. The zero-order valence-corrected chi connectivity index (χ0v) is 13.6. The highest BCUT2D eigenvalue weighted by Crippen LogP contribution is 2.50. The second-order valence-corrected chi connectivity index (χ2v) is 7.18. The highest BCUT2D eigenvalue weighted by atomic mass is 32.2. The standard InChI is InChI=1S/C14H19N5O4S/c1-5-19(13-9(22)8(21)7(4-20)23-13)12-10(24-5)11(16-6-2-3-6)17-14(15)18-12/h6-9,13,20-22H,1-4H2,(H3,15,16,17,18)/t7-,8-,9-,13-/m1/s1. The SMILES string of the molecule is C=C1Sc2c(NC3CC3)nc(N)nc2N1[C@@H]1O[C@H](CO)[C@@H](O)[C@H]1O. The summed E-state index contributed by atoms with van der Waals surface area (Å²) >= 11 is 1.36. The lowest BCUT2D eigenvalue weighted by Gasteiger charge is -2.27. The fraction of sp³-hybridized carbons (Fsp3) is 0.571. The van der Waals surface area contributed by atoms with Crippen molar-refractivity contribution in [2.45, 2.75) is 48.3 Å². The number of thioether (sulfide) groups is 1. The van der Waals surface area contributed by atoms with E-state index in [2.05, 4.69) is 21.9 Å². The predicted octanol–water partition coefficient (Wildman–Crippen LogP) is -0.545. The van der Waals surface area contributed by atoms with Crippen molar-refractivity contribution in [3.05, 3.63) is 11.6 Å². The summed E-state index contributed by atoms with van der Waals surface area (Å²) < 4.78 is 5.60. The van der Waals surface area contributed by atoms with Crippen molar-refractivity contribution < 1.29 is 20.1 Å². The molecule has 2 aliphatic heterocycles. The lowest BCUT2D eigenvalue weighted by molar-refractivity contribution is -0.0205. The molecule has 3 aliphatic rings. The molecule has 1 saturated carbocycles. The van der Waals surface area contributed by atoms with E-state index in [1.807, 2.05) is 0 Å². The number of hydrogen-bond donors (Lipinski definition) is 5. The van der Waals surface area contributed by atoms with E-state index < -0.39 is 31.1 Å². The largest absolute Gasteiger partial charge is 0.394 e. The molecule has 6 N–H and O–H groups in total. The second kappa shape index (κ2) is 5.74. The monoisotopic (exact) mass is 353 g/mol. The Labute approximate surface area is 142 Å². The molecule has 0 radical (unpaired) electrons. The van der Waals surface area contributed by atoms with E-state index in [-0.39, 0.29) is 5.95 Å². The maximum atomic E-state index is 10.3. The Bertz CT molecular complexity index is 685. The normalized spacial score (nSPS) is 32.3. The van der Waals surface area contributed by atoms with Gasteiger partial charge in [0, 0.05) is 6.04 Å². The van der Waals surface area contributed by atoms with Gasteiger partial charge in [0.25, 0.3) is 0 Å². The molecule has 2 fully saturated rings. The van der Waals surface area contributed by atoms with Crippen molar-refractivity contribution in [2.75, 3.05) is 22.6 Å². The van der Waals surface area contributed by atoms with E-state index in [0.29, 0.717) is 22.7 Å². The summed E-state index contributed by atoms with van der Waals surface area (Å²) in [6.45, 7) is 3.59. The molecule has 4 atom stereocenters. The van der Waals surface area contributed by atoms with E-state index >= 15 is 0 Å². The molecule has 1 aliphatic carbocycles. The summed E-state index contributed by atoms with van der Waals surface area (Å²) in [6, 6.07) is 0.389. The smallest absolute Gasteiger partial charge is 0.224 e. The van der Waals surface area contributed by atoms with Crippen molar-refractivity contribution in [3.8, 4) is 0 Å². The highest BCUT2D eigenvalue weighted by Gasteiger charge is 2.49. The number of fused-ring (bicyclic) bond motifs is 1. The highest BCUT2D eigenvalue weighted by molar-refractivity contribution is 8.03. The number of nitrogens with two attached hydrogens (primary N) is 1. The number of nitrogens with one attached hydrogen (secondary N) is 1. The Kier molecular flexibility index (Phi) is 3.81. The zero-order chi connectivity index (χ0) is 17.0. The number of aliphatic hydroxyl groups is 3. The summed E-state index contributed by atoms with van der Waals surface area (Å²) in [4.78, 5) is 10.9. The third-order valence-corrected chi connectivity index (χ3v) is 5.28. The van der Waals surface area contributed by atoms with Crippen LogP contribution in [-0.2, 0) is 4.74 Å². The van der Waals surface area contributed by atoms with Crippen LogP contribution in [0.15, 0.2) is 16.5 Å². The van der Waals surface area contributed by atoms with E-state index in [0.717, 1.165) is 17.7 Å². The summed E-state index contributed by atoms with van der Waals surface area (Å²) in [7, 11) is 0. The number of nitrogens with zero attached hydrogens (tertiary/aromatic N) is 3. The Hall–Kier alpha value is -1.59. The van der Waals surface area contributed by atoms with Crippen LogP contribution < -0.4 is 16.0 Å². The van der Waals surface area contributed by atoms with Crippen LogP contribution in [-0.4, -0.2) is 62.5 Å². The van der Waals surface area contributed by atoms with Crippen LogP contribution in [0.1, 0.15) is 12.8 Å². The minimum absolute atomic E-state index is 0.101. The number of aliphatic hydroxyl groups excluding tert-OH is 3. The van der Waals surface area contributed by atoms with Gasteiger partial charge < -0.3 is 31.1 Å². The molecular weight excluding hydrogens is 334 g/mol. The first-order valence-electron chi connectivity index (χ1n) is 7.72. The Morgan fingerprint density at radius 1 is 1.33 bits per heavy atom. The Morgan fingerprint density at radius 2 is 2.08 bits per heavy atom. The molecule has 3 heterocycles. The minimum Gasteiger partial charge on any atom is -0.394 e. The fourth-order valence-corrected chi connectivity index (χ4v) is 3.83. The van der Waals surface area contributed by atoms with Crippen LogP contribution in [0.5, 0.6) is 0 Å². The van der Waals surface area contributed by atoms with Gasteiger partial charge in [-0.1, -0.05) is 18.3 Å². The van der Waals surface area contributed by atoms with Crippen LogP contribution in [0.25, 0.3) is 0 Å². The molecule has 9 nitrogen and oxygen atoms in total. The van der Waals surface area contributed by atoms with Gasteiger partial charge in [-0.05, 0) is 12.8 Å². The van der Waals surface area contributed by atoms with Gasteiger partial charge in [-0.15, -0.1) is 0 Å². The minimum atomic E-state index is -1.21. The number of ether oxygens (including phenoxy) is 1. The average molecular weight is 353 g/mol. The van der Waals surface area contributed by atoms with Crippen molar-refractivity contribution >= 4 is 29.3 Å². The van der Waals surface area contributed by atoms with Crippen LogP contribution in [0.4, 0.5) is 17.6 Å². The Morgan fingerprint density at radius 3 is 2.71 bits per heavy atom. The van der Waals surface area contributed by atoms with Gasteiger partial charge in [0.15, 0.2) is 12.0 Å². The first-order chi connectivity index (χ1) is 11.5. The maximum absolute atomic E-state index is 10.3. The van der Waals surface area contributed by atoms with Gasteiger partial charge >= 0.3 is 0 Å². The fourth-order valence-electron chi connectivity index (χ4n) is 2.87. The maximum Gasteiger partial charge on any atom is 0.224 e. The van der Waals surface area contributed by atoms with E-state index in [1.165, 1.54) is 11.8 Å². The van der Waals surface area contributed by atoms with E-state index in [1.54, 1.807) is 4.90 Å². The first kappa shape index (κ1) is 15.9. The van der Waals surface area contributed by atoms with Gasteiger partial charge in [0.05, 0.1) is 16.5 Å². The topological polar surface area (TPSA) is 137 Å². The molecular formula is C14H19N5O4S. The number of nitrogen functional groups attached to an aromatic ring is 1. The van der Waals surface area contributed by atoms with Crippen LogP contribution in [0.3, 0.4) is 0 Å². The first-order valence-corrected chi connectivity index (χ1v) is 8.53. The van der Waals surface area contributed by atoms with Crippen LogP contribution in [0.2, 0.25) is 0 Å². The van der Waals surface area contributed by atoms with E-state index in [4.69, 9.17) is 10.5 Å². The third-order valence-electron chi connectivity index (χ3n) is 4.27. The second-order valence-electron chi connectivity index (χ2n) is 6.10. The van der Waals surface area contributed by atoms with Crippen LogP contribution >= 0.6 is 11.8 Å². The quantitative estimate of drug-likeness (QED) is 0.480. The number of rotatable bonds is 4. The lowest BCUT2D eigenvalue weighted by atomic mass is 10.1. The van der Waals surface area contributed by atoms with Gasteiger partial charge in [-0.25, -0.2) is 0 Å². The number of anilines is 3. The lowest BCUT2D eigenvalue weighted by Crippen LogP contribution is -2.42. The Balaban J connectivity index is 1.70. The zero-order valence-electron chi connectivity index (χ0n) is 12.8. The molecule has 0 spiro atoms. The predicted molar refractivity (Wildman–Crippen MR) is 88.3 cm³/mol. The molecule has 1 aromatic heterocycles. The van der Waals surface area contributed by atoms with Gasteiger partial charge in [-0.2, -0.15) is 9.97 Å². The molecule has 10 heteroatoms. The van der Waals surface area contributed by atoms with Gasteiger partial charge in [-0.3, -0.25) is 4.90 Å². The third kappa shape index (κ3) is 2.50. The van der Waals surface area contributed by atoms with Crippen molar-refractivity contribution in [2.24, 2.45) is 0 Å². The molecule has 0 amide bonds. The van der Waals surface area contributed by atoms with Crippen molar-refractivity contribution in [1.29, 1.82) is 0 Å². The number of hydrogen-bond acceptors (Lipinski definition) is 10. The van der Waals surface area contributed by atoms with Gasteiger partial charge in [0.2, 0.25) is 5.95 Å². The molecule has 130 valence electrons. The van der Waals surface area contributed by atoms with E-state index in [9.17, 15) is 15.3 Å². The molecule has 4 rings (SSSR count). The molecule has 1 aromatic rings. The summed E-state index contributed by atoms with van der Waals surface area (Å²) in [5.41, 5.74) is 5.83.